The van der Waals surface area contributed by atoms with Crippen LogP contribution >= 0.6 is 0 Å². The normalized spacial score (nSPS) is 16.1. The van der Waals surface area contributed by atoms with Crippen molar-refractivity contribution < 1.29 is 14.6 Å². The summed E-state index contributed by atoms with van der Waals surface area (Å²) < 4.78 is 5.79. The number of hydrogen-bond acceptors (Lipinski definition) is 3. The molecule has 1 saturated heterocycles. The number of hydrogen-bond donors (Lipinski definition) is 3. The van der Waals surface area contributed by atoms with Gasteiger partial charge in [0, 0.05) is 25.9 Å². The summed E-state index contributed by atoms with van der Waals surface area (Å²) in [6.45, 7) is 1.43. The highest BCUT2D eigenvalue weighted by Gasteiger charge is 2.21. The van der Waals surface area contributed by atoms with Gasteiger partial charge in [0.25, 0.3) is 0 Å². The minimum atomic E-state index is -0.943. The predicted octanol–water partition coefficient (Wildman–Crippen LogP) is 1.12. The third-order valence-corrected chi connectivity index (χ3v) is 3.19. The number of ether oxygens (including phenoxy) is 1. The Morgan fingerprint density at radius 3 is 2.37 bits per heavy atom. The van der Waals surface area contributed by atoms with Crippen molar-refractivity contribution in [2.45, 2.75) is 18.9 Å². The van der Waals surface area contributed by atoms with Crippen molar-refractivity contribution >= 4 is 11.9 Å². The quantitative estimate of drug-likeness (QED) is 0.560. The Morgan fingerprint density at radius 1 is 1.32 bits per heavy atom. The summed E-state index contributed by atoms with van der Waals surface area (Å²) in [6.07, 6.45) is 1.70. The van der Waals surface area contributed by atoms with E-state index in [0.717, 1.165) is 12.8 Å². The highest BCUT2D eigenvalue weighted by molar-refractivity contribution is 5.87. The summed E-state index contributed by atoms with van der Waals surface area (Å²) in [6, 6.07) is 6.40. The maximum absolute atomic E-state index is 10.7. The molecule has 0 radical (unpaired) electrons. The van der Waals surface area contributed by atoms with E-state index in [4.69, 9.17) is 21.0 Å². The lowest BCUT2D eigenvalue weighted by Gasteiger charge is -2.32. The molecule has 1 heterocycles. The molecule has 0 amide bonds. The number of carboxylic acids is 1. The molecule has 0 aromatic heterocycles. The fourth-order valence-electron chi connectivity index (χ4n) is 2.08. The minimum Gasteiger partial charge on any atom is -0.490 e. The molecule has 2 rings (SSSR count). The molecule has 1 aliphatic rings. The van der Waals surface area contributed by atoms with Crippen molar-refractivity contribution in [3.8, 4) is 5.75 Å². The maximum Gasteiger partial charge on any atom is 0.335 e. The number of guanidine groups is 1. The van der Waals surface area contributed by atoms with Crippen LogP contribution in [0, 0.1) is 5.41 Å². The van der Waals surface area contributed by atoms with Gasteiger partial charge >= 0.3 is 5.97 Å². The molecular weight excluding hydrogens is 246 g/mol. The van der Waals surface area contributed by atoms with E-state index in [9.17, 15) is 4.79 Å². The second-order valence-corrected chi connectivity index (χ2v) is 4.52. The Hall–Kier alpha value is -2.24. The molecule has 6 heteroatoms. The van der Waals surface area contributed by atoms with Crippen LogP contribution in [0.2, 0.25) is 0 Å². The van der Waals surface area contributed by atoms with Crippen LogP contribution in [0.3, 0.4) is 0 Å². The van der Waals surface area contributed by atoms with Gasteiger partial charge in [-0.25, -0.2) is 4.79 Å². The van der Waals surface area contributed by atoms with E-state index in [-0.39, 0.29) is 17.6 Å². The molecule has 19 heavy (non-hydrogen) atoms. The molecule has 1 fully saturated rings. The molecule has 1 aromatic rings. The van der Waals surface area contributed by atoms with Gasteiger partial charge in [-0.05, 0) is 24.3 Å². The minimum absolute atomic E-state index is 0.0891. The number of likely N-dealkylation sites (tertiary alicyclic amines) is 1. The maximum atomic E-state index is 10.7. The van der Waals surface area contributed by atoms with E-state index in [2.05, 4.69) is 0 Å². The predicted molar refractivity (Wildman–Crippen MR) is 70.5 cm³/mol. The third kappa shape index (κ3) is 3.37. The highest BCUT2D eigenvalue weighted by atomic mass is 16.5. The number of carbonyl (C=O) groups is 1. The van der Waals surface area contributed by atoms with Crippen molar-refractivity contribution in [3.63, 3.8) is 0 Å². The average molecular weight is 263 g/mol. The zero-order valence-electron chi connectivity index (χ0n) is 10.5. The molecule has 1 aromatic carbocycles. The fraction of sp³-hybridized carbons (Fsp3) is 0.385. The van der Waals surface area contributed by atoms with Crippen LogP contribution in [-0.2, 0) is 0 Å². The van der Waals surface area contributed by atoms with Crippen LogP contribution in [0.25, 0.3) is 0 Å². The van der Waals surface area contributed by atoms with Crippen LogP contribution < -0.4 is 10.5 Å². The SMILES string of the molecule is N=C(N)N1CCC(Oc2ccc(C(=O)O)cc2)CC1. The fourth-order valence-corrected chi connectivity index (χ4v) is 2.08. The number of carboxylic acid groups (broad SMARTS) is 1. The Morgan fingerprint density at radius 2 is 1.89 bits per heavy atom. The Balaban J connectivity index is 1.88. The Bertz CT molecular complexity index is 465. The largest absolute Gasteiger partial charge is 0.490 e. The summed E-state index contributed by atoms with van der Waals surface area (Å²) in [7, 11) is 0. The summed E-state index contributed by atoms with van der Waals surface area (Å²) in [4.78, 5) is 12.5. The van der Waals surface area contributed by atoms with Gasteiger partial charge in [0.2, 0.25) is 0 Å². The molecule has 0 saturated carbocycles. The van der Waals surface area contributed by atoms with Gasteiger partial charge in [0.05, 0.1) is 5.56 Å². The van der Waals surface area contributed by atoms with Crippen LogP contribution in [0.5, 0.6) is 5.75 Å². The highest BCUT2D eigenvalue weighted by Crippen LogP contribution is 2.19. The summed E-state index contributed by atoms with van der Waals surface area (Å²) in [5.74, 6) is -0.170. The zero-order valence-corrected chi connectivity index (χ0v) is 10.5. The van der Waals surface area contributed by atoms with Crippen LogP contribution in [0.4, 0.5) is 0 Å². The van der Waals surface area contributed by atoms with Crippen molar-refractivity contribution in [2.24, 2.45) is 5.73 Å². The molecule has 0 spiro atoms. The van der Waals surface area contributed by atoms with Crippen molar-refractivity contribution in [2.75, 3.05) is 13.1 Å². The Labute approximate surface area is 111 Å². The number of piperidine rings is 1. The number of rotatable bonds is 3. The molecule has 1 aliphatic heterocycles. The first-order chi connectivity index (χ1) is 9.06. The number of aromatic carboxylic acids is 1. The first kappa shape index (κ1) is 13.2. The molecule has 0 atom stereocenters. The standard InChI is InChI=1S/C13H17N3O3/c14-13(15)16-7-5-11(6-8-16)19-10-3-1-9(2-4-10)12(17)18/h1-4,11H,5-8H2,(H3,14,15)(H,17,18). The van der Waals surface area contributed by atoms with E-state index >= 15 is 0 Å². The topological polar surface area (TPSA) is 99.6 Å². The smallest absolute Gasteiger partial charge is 0.335 e. The number of benzene rings is 1. The second-order valence-electron chi connectivity index (χ2n) is 4.52. The summed E-state index contributed by atoms with van der Waals surface area (Å²) >= 11 is 0. The van der Waals surface area contributed by atoms with Crippen LogP contribution in [0.1, 0.15) is 23.2 Å². The van der Waals surface area contributed by atoms with Gasteiger partial charge in [0.1, 0.15) is 11.9 Å². The molecule has 0 aliphatic carbocycles. The van der Waals surface area contributed by atoms with Gasteiger partial charge in [-0.1, -0.05) is 0 Å². The van der Waals surface area contributed by atoms with Gasteiger partial charge < -0.3 is 20.5 Å². The molecule has 0 unspecified atom stereocenters. The summed E-state index contributed by atoms with van der Waals surface area (Å²) in [5.41, 5.74) is 5.67. The second kappa shape index (κ2) is 5.60. The lowest BCUT2D eigenvalue weighted by atomic mass is 10.1. The van der Waals surface area contributed by atoms with E-state index < -0.39 is 5.97 Å². The van der Waals surface area contributed by atoms with Gasteiger partial charge in [-0.15, -0.1) is 0 Å². The van der Waals surface area contributed by atoms with E-state index in [1.165, 1.54) is 12.1 Å². The average Bonchev–Trinajstić information content (AvgIpc) is 2.40. The third-order valence-electron chi connectivity index (χ3n) is 3.19. The van der Waals surface area contributed by atoms with Gasteiger partial charge in [-0.2, -0.15) is 0 Å². The zero-order chi connectivity index (χ0) is 13.8. The molecular formula is C13H17N3O3. The lowest BCUT2D eigenvalue weighted by molar-refractivity contribution is 0.0697. The van der Waals surface area contributed by atoms with Gasteiger partial charge in [-0.3, -0.25) is 5.41 Å². The van der Waals surface area contributed by atoms with Crippen molar-refractivity contribution in [1.29, 1.82) is 5.41 Å². The van der Waals surface area contributed by atoms with E-state index in [1.807, 2.05) is 4.90 Å². The monoisotopic (exact) mass is 263 g/mol. The van der Waals surface area contributed by atoms with E-state index in [0.29, 0.717) is 18.8 Å². The van der Waals surface area contributed by atoms with Gasteiger partial charge in [0.15, 0.2) is 5.96 Å². The lowest BCUT2D eigenvalue weighted by Crippen LogP contribution is -2.44. The first-order valence-corrected chi connectivity index (χ1v) is 6.15. The van der Waals surface area contributed by atoms with Crippen molar-refractivity contribution in [1.82, 2.24) is 4.90 Å². The molecule has 4 N–H and O–H groups in total. The number of nitrogens with two attached hydrogens (primary N) is 1. The number of nitrogens with one attached hydrogen (secondary N) is 1. The van der Waals surface area contributed by atoms with Crippen molar-refractivity contribution in [3.05, 3.63) is 29.8 Å². The molecule has 0 bridgehead atoms. The Kier molecular flexibility index (Phi) is 3.89. The molecule has 6 nitrogen and oxygen atoms in total. The van der Waals surface area contributed by atoms with Crippen LogP contribution in [-0.4, -0.2) is 41.1 Å². The van der Waals surface area contributed by atoms with E-state index in [1.54, 1.807) is 12.1 Å². The summed E-state index contributed by atoms with van der Waals surface area (Å²) in [5, 5.41) is 16.1. The number of nitrogens with zero attached hydrogens (tertiary/aromatic N) is 1. The molecule has 102 valence electrons. The van der Waals surface area contributed by atoms with Crippen LogP contribution in [0.15, 0.2) is 24.3 Å². The first-order valence-electron chi connectivity index (χ1n) is 6.15.